The van der Waals surface area contributed by atoms with Crippen molar-refractivity contribution in [3.8, 4) is 0 Å². The molecule has 7 nitrogen and oxygen atoms in total. The average molecular weight is 343 g/mol. The van der Waals surface area contributed by atoms with Gasteiger partial charge >= 0.3 is 5.97 Å². The van der Waals surface area contributed by atoms with Crippen molar-refractivity contribution in [2.75, 3.05) is 19.1 Å². The van der Waals surface area contributed by atoms with E-state index >= 15 is 0 Å². The van der Waals surface area contributed by atoms with Gasteiger partial charge in [-0.2, -0.15) is 0 Å². The topological polar surface area (TPSA) is 81.1 Å². The molecular weight excluding hydrogens is 326 g/mol. The average Bonchev–Trinajstić information content (AvgIpc) is 2.91. The Bertz CT molecular complexity index is 894. The highest BCUT2D eigenvalue weighted by Crippen LogP contribution is 2.35. The smallest absolute Gasteiger partial charge is 0.348 e. The predicted octanol–water partition coefficient (Wildman–Crippen LogP) is 2.52. The standard InChI is InChI=1S/C16H17N5O2S/c1-9-12-14(21(3)8-11-7-17-5-6-18-11)19-10(2)20-15(12)24-13(9)16(22)23-4/h5-7H,8H2,1-4H3. The van der Waals surface area contributed by atoms with Crippen molar-refractivity contribution in [3.05, 3.63) is 40.5 Å². The summed E-state index contributed by atoms with van der Waals surface area (Å²) in [6, 6.07) is 0. The molecule has 3 aromatic rings. The molecule has 0 saturated heterocycles. The van der Waals surface area contributed by atoms with Crippen molar-refractivity contribution >= 4 is 33.3 Å². The van der Waals surface area contributed by atoms with Crippen molar-refractivity contribution in [2.24, 2.45) is 0 Å². The van der Waals surface area contributed by atoms with E-state index in [0.29, 0.717) is 17.2 Å². The Morgan fingerprint density at radius 1 is 1.29 bits per heavy atom. The summed E-state index contributed by atoms with van der Waals surface area (Å²) in [5, 5.41) is 0.873. The molecule has 0 N–H and O–H groups in total. The van der Waals surface area contributed by atoms with Crippen molar-refractivity contribution < 1.29 is 9.53 Å². The second kappa shape index (κ2) is 6.48. The van der Waals surface area contributed by atoms with Crippen LogP contribution in [0.1, 0.15) is 26.8 Å². The first-order chi connectivity index (χ1) is 11.5. The van der Waals surface area contributed by atoms with Crippen LogP contribution in [0.2, 0.25) is 0 Å². The maximum absolute atomic E-state index is 12.0. The first kappa shape index (κ1) is 16.3. The fourth-order valence-corrected chi connectivity index (χ4v) is 3.65. The highest BCUT2D eigenvalue weighted by Gasteiger charge is 2.22. The van der Waals surface area contributed by atoms with E-state index in [4.69, 9.17) is 4.74 Å². The zero-order valence-electron chi connectivity index (χ0n) is 13.9. The van der Waals surface area contributed by atoms with Crippen molar-refractivity contribution in [1.82, 2.24) is 19.9 Å². The predicted molar refractivity (Wildman–Crippen MR) is 92.4 cm³/mol. The lowest BCUT2D eigenvalue weighted by molar-refractivity contribution is 0.0605. The van der Waals surface area contributed by atoms with Gasteiger partial charge < -0.3 is 9.64 Å². The molecule has 3 heterocycles. The maximum atomic E-state index is 12.0. The lowest BCUT2D eigenvalue weighted by Crippen LogP contribution is -2.19. The SMILES string of the molecule is COC(=O)c1sc2nc(C)nc(N(C)Cc3cnccn3)c2c1C. The molecule has 0 radical (unpaired) electrons. The number of carbonyl (C=O) groups is 1. The summed E-state index contributed by atoms with van der Waals surface area (Å²) in [7, 11) is 3.31. The van der Waals surface area contributed by atoms with Gasteiger partial charge in [-0.1, -0.05) is 0 Å². The molecule has 0 aliphatic carbocycles. The molecule has 0 bridgehead atoms. The number of hydrogen-bond donors (Lipinski definition) is 0. The first-order valence-corrected chi connectivity index (χ1v) is 8.15. The Hall–Kier alpha value is -2.61. The van der Waals surface area contributed by atoms with E-state index in [1.807, 2.05) is 25.8 Å². The van der Waals surface area contributed by atoms with Gasteiger partial charge in [0, 0.05) is 19.4 Å². The Labute approximate surface area is 143 Å². The normalized spacial score (nSPS) is 10.8. The molecule has 0 atom stereocenters. The van der Waals surface area contributed by atoms with E-state index in [-0.39, 0.29) is 5.97 Å². The summed E-state index contributed by atoms with van der Waals surface area (Å²) >= 11 is 1.33. The zero-order chi connectivity index (χ0) is 17.3. The highest BCUT2D eigenvalue weighted by atomic mass is 32.1. The van der Waals surface area contributed by atoms with E-state index in [9.17, 15) is 4.79 Å². The Morgan fingerprint density at radius 2 is 2.08 bits per heavy atom. The number of esters is 1. The summed E-state index contributed by atoms with van der Waals surface area (Å²) in [6.07, 6.45) is 5.03. The van der Waals surface area contributed by atoms with Crippen LogP contribution in [0.25, 0.3) is 10.2 Å². The van der Waals surface area contributed by atoms with Crippen molar-refractivity contribution in [2.45, 2.75) is 20.4 Å². The third kappa shape index (κ3) is 2.92. The molecule has 0 amide bonds. The molecule has 8 heteroatoms. The van der Waals surface area contributed by atoms with Gasteiger partial charge in [-0.15, -0.1) is 11.3 Å². The van der Waals surface area contributed by atoms with Crippen molar-refractivity contribution in [3.63, 3.8) is 0 Å². The number of aryl methyl sites for hydroxylation is 2. The molecule has 0 fully saturated rings. The quantitative estimate of drug-likeness (QED) is 0.673. The van der Waals surface area contributed by atoms with Crippen LogP contribution < -0.4 is 4.90 Å². The molecule has 0 aliphatic rings. The summed E-state index contributed by atoms with van der Waals surface area (Å²) in [5.74, 6) is 1.07. The zero-order valence-corrected chi connectivity index (χ0v) is 14.7. The van der Waals surface area contributed by atoms with Crippen LogP contribution in [0.15, 0.2) is 18.6 Å². The number of thiophene rings is 1. The molecule has 3 aromatic heterocycles. The van der Waals surface area contributed by atoms with E-state index in [1.54, 1.807) is 18.6 Å². The minimum Gasteiger partial charge on any atom is -0.465 e. The van der Waals surface area contributed by atoms with Crippen LogP contribution in [-0.4, -0.2) is 40.1 Å². The summed E-state index contributed by atoms with van der Waals surface area (Å²) in [6.45, 7) is 4.29. The van der Waals surface area contributed by atoms with E-state index < -0.39 is 0 Å². The summed E-state index contributed by atoms with van der Waals surface area (Å²) in [4.78, 5) is 32.7. The molecule has 3 rings (SSSR count). The van der Waals surface area contributed by atoms with Crippen LogP contribution in [0.4, 0.5) is 5.82 Å². The Kier molecular flexibility index (Phi) is 4.39. The fourth-order valence-electron chi connectivity index (χ4n) is 2.51. The van der Waals surface area contributed by atoms with Gasteiger partial charge in [0.25, 0.3) is 0 Å². The number of rotatable bonds is 4. The molecule has 24 heavy (non-hydrogen) atoms. The monoisotopic (exact) mass is 343 g/mol. The van der Waals surface area contributed by atoms with Gasteiger partial charge in [-0.05, 0) is 19.4 Å². The van der Waals surface area contributed by atoms with Crippen LogP contribution in [0.5, 0.6) is 0 Å². The molecular formula is C16H17N5O2S. The van der Waals surface area contributed by atoms with Gasteiger partial charge in [0.15, 0.2) is 0 Å². The number of aromatic nitrogens is 4. The third-order valence-electron chi connectivity index (χ3n) is 3.63. The highest BCUT2D eigenvalue weighted by molar-refractivity contribution is 7.20. The van der Waals surface area contributed by atoms with Crippen LogP contribution in [-0.2, 0) is 11.3 Å². The number of carbonyl (C=O) groups excluding carboxylic acids is 1. The van der Waals surface area contributed by atoms with Gasteiger partial charge in [-0.3, -0.25) is 9.97 Å². The molecule has 0 aliphatic heterocycles. The van der Waals surface area contributed by atoms with E-state index in [0.717, 1.165) is 27.3 Å². The van der Waals surface area contributed by atoms with E-state index in [2.05, 4.69) is 19.9 Å². The van der Waals surface area contributed by atoms with Gasteiger partial charge in [0.1, 0.15) is 21.3 Å². The molecule has 0 spiro atoms. The number of fused-ring (bicyclic) bond motifs is 1. The van der Waals surface area contributed by atoms with Crippen molar-refractivity contribution in [1.29, 1.82) is 0 Å². The number of ether oxygens (including phenoxy) is 1. The number of methoxy groups -OCH3 is 1. The van der Waals surface area contributed by atoms with Crippen LogP contribution in [0, 0.1) is 13.8 Å². The molecule has 0 unspecified atom stereocenters. The van der Waals surface area contributed by atoms with Crippen LogP contribution >= 0.6 is 11.3 Å². The second-order valence-electron chi connectivity index (χ2n) is 5.38. The largest absolute Gasteiger partial charge is 0.465 e. The first-order valence-electron chi connectivity index (χ1n) is 7.33. The minimum absolute atomic E-state index is 0.351. The number of anilines is 1. The number of nitrogens with zero attached hydrogens (tertiary/aromatic N) is 5. The fraction of sp³-hybridized carbons (Fsp3) is 0.312. The van der Waals surface area contributed by atoms with Gasteiger partial charge in [0.2, 0.25) is 0 Å². The second-order valence-corrected chi connectivity index (χ2v) is 6.37. The maximum Gasteiger partial charge on any atom is 0.348 e. The molecule has 0 aromatic carbocycles. The van der Waals surface area contributed by atoms with Gasteiger partial charge in [0.05, 0.1) is 30.9 Å². The Balaban J connectivity index is 2.09. The minimum atomic E-state index is -0.351. The van der Waals surface area contributed by atoms with Crippen LogP contribution in [0.3, 0.4) is 0 Å². The summed E-state index contributed by atoms with van der Waals surface area (Å²) in [5.41, 5.74) is 1.67. The summed E-state index contributed by atoms with van der Waals surface area (Å²) < 4.78 is 4.86. The third-order valence-corrected chi connectivity index (χ3v) is 4.80. The lowest BCUT2D eigenvalue weighted by Gasteiger charge is -2.19. The van der Waals surface area contributed by atoms with Gasteiger partial charge in [-0.25, -0.2) is 14.8 Å². The lowest BCUT2D eigenvalue weighted by atomic mass is 10.2. The Morgan fingerprint density at radius 3 is 2.75 bits per heavy atom. The molecule has 124 valence electrons. The number of hydrogen-bond acceptors (Lipinski definition) is 8. The van der Waals surface area contributed by atoms with E-state index in [1.165, 1.54) is 18.4 Å². The molecule has 0 saturated carbocycles.